The van der Waals surface area contributed by atoms with Crippen LogP contribution in [0.15, 0.2) is 24.4 Å². The Bertz CT molecular complexity index is 381. The van der Waals surface area contributed by atoms with Crippen LogP contribution in [0.3, 0.4) is 0 Å². The van der Waals surface area contributed by atoms with Gasteiger partial charge in [-0.25, -0.2) is 4.79 Å². The molecule has 1 N–H and O–H groups in total. The zero-order valence-electron chi connectivity index (χ0n) is 10.3. The van der Waals surface area contributed by atoms with Gasteiger partial charge in [-0.3, -0.25) is 4.98 Å². The zero-order valence-corrected chi connectivity index (χ0v) is 10.3. The summed E-state index contributed by atoms with van der Waals surface area (Å²) in [5.74, 6) is 0. The molecule has 1 unspecified atom stereocenters. The normalized spacial score (nSPS) is 20.1. The molecule has 5 nitrogen and oxygen atoms in total. The van der Waals surface area contributed by atoms with Gasteiger partial charge in [0.2, 0.25) is 0 Å². The molecule has 1 aliphatic heterocycles. The van der Waals surface area contributed by atoms with Crippen molar-refractivity contribution >= 4 is 6.03 Å². The van der Waals surface area contributed by atoms with Crippen LogP contribution in [-0.4, -0.2) is 54.5 Å². The molecule has 92 valence electrons. The second-order valence-corrected chi connectivity index (χ2v) is 4.21. The van der Waals surface area contributed by atoms with E-state index in [-0.39, 0.29) is 12.1 Å². The first-order valence-electron chi connectivity index (χ1n) is 5.81. The molecule has 5 heteroatoms. The minimum atomic E-state index is 0.0700. The smallest absolute Gasteiger partial charge is 0.320 e. The van der Waals surface area contributed by atoms with Crippen LogP contribution in [0.4, 0.5) is 4.79 Å². The summed E-state index contributed by atoms with van der Waals surface area (Å²) in [5, 5.41) is 3.06. The maximum atomic E-state index is 12.0. The van der Waals surface area contributed by atoms with Crippen molar-refractivity contribution in [1.82, 2.24) is 20.1 Å². The topological polar surface area (TPSA) is 48.5 Å². The van der Waals surface area contributed by atoms with Crippen molar-refractivity contribution in [2.45, 2.75) is 6.04 Å². The van der Waals surface area contributed by atoms with E-state index in [4.69, 9.17) is 0 Å². The number of aromatic nitrogens is 1. The number of urea groups is 1. The fourth-order valence-electron chi connectivity index (χ4n) is 2.06. The quantitative estimate of drug-likeness (QED) is 0.834. The fourth-order valence-corrected chi connectivity index (χ4v) is 2.06. The minimum Gasteiger partial charge on any atom is -0.321 e. The van der Waals surface area contributed by atoms with Crippen LogP contribution in [0.5, 0.6) is 0 Å². The molecule has 1 aromatic heterocycles. The summed E-state index contributed by atoms with van der Waals surface area (Å²) >= 11 is 0. The van der Waals surface area contributed by atoms with E-state index in [1.165, 1.54) is 0 Å². The Morgan fingerprint density at radius 2 is 2.35 bits per heavy atom. The number of pyridine rings is 1. The van der Waals surface area contributed by atoms with Gasteiger partial charge in [0.05, 0.1) is 11.7 Å². The van der Waals surface area contributed by atoms with E-state index in [9.17, 15) is 4.79 Å². The van der Waals surface area contributed by atoms with Gasteiger partial charge in [0, 0.05) is 32.9 Å². The zero-order chi connectivity index (χ0) is 12.3. The SMILES string of the molecule is CNCCN1CC(c2ccccn2)N(C)C1=O. The van der Waals surface area contributed by atoms with Crippen LogP contribution in [0.2, 0.25) is 0 Å². The van der Waals surface area contributed by atoms with Gasteiger partial charge in [-0.1, -0.05) is 6.07 Å². The predicted octanol–water partition coefficient (Wildman–Crippen LogP) is 0.709. The largest absolute Gasteiger partial charge is 0.321 e. The molecular weight excluding hydrogens is 216 g/mol. The molecule has 2 rings (SSSR count). The van der Waals surface area contributed by atoms with Gasteiger partial charge < -0.3 is 15.1 Å². The molecule has 2 heterocycles. The van der Waals surface area contributed by atoms with E-state index in [1.54, 1.807) is 11.1 Å². The number of nitrogens with one attached hydrogen (secondary N) is 1. The lowest BCUT2D eigenvalue weighted by atomic mass is 10.2. The minimum absolute atomic E-state index is 0.0700. The highest BCUT2D eigenvalue weighted by atomic mass is 16.2. The molecule has 1 atom stereocenters. The molecule has 0 aromatic carbocycles. The molecule has 2 amide bonds. The average Bonchev–Trinajstić information content (AvgIpc) is 2.65. The third kappa shape index (κ3) is 2.39. The molecule has 1 fully saturated rings. The van der Waals surface area contributed by atoms with Crippen LogP contribution in [-0.2, 0) is 0 Å². The Balaban J connectivity index is 2.09. The summed E-state index contributed by atoms with van der Waals surface area (Å²) in [6.07, 6.45) is 1.77. The van der Waals surface area contributed by atoms with Gasteiger partial charge in [0.15, 0.2) is 0 Å². The second kappa shape index (κ2) is 5.14. The van der Waals surface area contributed by atoms with E-state index < -0.39 is 0 Å². The lowest BCUT2D eigenvalue weighted by Crippen LogP contribution is -2.34. The van der Waals surface area contributed by atoms with Crippen molar-refractivity contribution in [2.75, 3.05) is 33.7 Å². The van der Waals surface area contributed by atoms with Gasteiger partial charge >= 0.3 is 6.03 Å². The number of amides is 2. The lowest BCUT2D eigenvalue weighted by molar-refractivity contribution is 0.195. The molecule has 1 aliphatic rings. The summed E-state index contributed by atoms with van der Waals surface area (Å²) in [7, 11) is 3.72. The van der Waals surface area contributed by atoms with Crippen LogP contribution in [0.1, 0.15) is 11.7 Å². The first-order chi connectivity index (χ1) is 8.24. The standard InChI is InChI=1S/C12H18N4O/c1-13-7-8-16-9-11(15(2)12(16)17)10-5-3-4-6-14-10/h3-6,11,13H,7-9H2,1-2H3. The Kier molecular flexibility index (Phi) is 3.58. The molecule has 1 aromatic rings. The molecule has 17 heavy (non-hydrogen) atoms. The molecule has 0 radical (unpaired) electrons. The molecule has 0 aliphatic carbocycles. The lowest BCUT2D eigenvalue weighted by Gasteiger charge is -2.16. The van der Waals surface area contributed by atoms with Gasteiger partial charge in [0.1, 0.15) is 0 Å². The van der Waals surface area contributed by atoms with Crippen molar-refractivity contribution < 1.29 is 4.79 Å². The number of carbonyl (C=O) groups excluding carboxylic acids is 1. The third-order valence-electron chi connectivity index (χ3n) is 3.09. The summed E-state index contributed by atoms with van der Waals surface area (Å²) < 4.78 is 0. The van der Waals surface area contributed by atoms with Crippen molar-refractivity contribution in [3.05, 3.63) is 30.1 Å². The van der Waals surface area contributed by atoms with Gasteiger partial charge in [-0.05, 0) is 19.2 Å². The van der Waals surface area contributed by atoms with Crippen LogP contribution in [0, 0.1) is 0 Å². The first kappa shape index (κ1) is 11.9. The summed E-state index contributed by atoms with van der Waals surface area (Å²) in [6, 6.07) is 5.96. The summed E-state index contributed by atoms with van der Waals surface area (Å²) in [6.45, 7) is 2.27. The van der Waals surface area contributed by atoms with Crippen molar-refractivity contribution in [3.8, 4) is 0 Å². The summed E-state index contributed by atoms with van der Waals surface area (Å²) in [5.41, 5.74) is 0.954. The Hall–Kier alpha value is -1.62. The number of nitrogens with zero attached hydrogens (tertiary/aromatic N) is 3. The average molecular weight is 234 g/mol. The van der Waals surface area contributed by atoms with Gasteiger partial charge in [-0.2, -0.15) is 0 Å². The van der Waals surface area contributed by atoms with Crippen molar-refractivity contribution in [2.24, 2.45) is 0 Å². The van der Waals surface area contributed by atoms with Gasteiger partial charge in [0.25, 0.3) is 0 Å². The van der Waals surface area contributed by atoms with Gasteiger partial charge in [-0.15, -0.1) is 0 Å². The van der Waals surface area contributed by atoms with E-state index in [0.717, 1.165) is 18.8 Å². The number of carbonyl (C=O) groups is 1. The molecule has 1 saturated heterocycles. The molecule has 0 saturated carbocycles. The molecule has 0 spiro atoms. The predicted molar refractivity (Wildman–Crippen MR) is 65.6 cm³/mol. The number of hydrogen-bond donors (Lipinski definition) is 1. The Morgan fingerprint density at radius 3 is 3.00 bits per heavy atom. The van der Waals surface area contributed by atoms with E-state index in [1.807, 2.05) is 37.2 Å². The maximum Gasteiger partial charge on any atom is 0.320 e. The monoisotopic (exact) mass is 234 g/mol. The second-order valence-electron chi connectivity index (χ2n) is 4.21. The summed E-state index contributed by atoms with van der Waals surface area (Å²) in [4.78, 5) is 19.9. The maximum absolute atomic E-state index is 12.0. The van der Waals surface area contributed by atoms with E-state index in [0.29, 0.717) is 6.54 Å². The third-order valence-corrected chi connectivity index (χ3v) is 3.09. The first-order valence-corrected chi connectivity index (χ1v) is 5.81. The fraction of sp³-hybridized carbons (Fsp3) is 0.500. The van der Waals surface area contributed by atoms with E-state index in [2.05, 4.69) is 10.3 Å². The van der Waals surface area contributed by atoms with Crippen molar-refractivity contribution in [3.63, 3.8) is 0 Å². The van der Waals surface area contributed by atoms with E-state index >= 15 is 0 Å². The highest BCUT2D eigenvalue weighted by Gasteiger charge is 2.35. The van der Waals surface area contributed by atoms with Crippen LogP contribution < -0.4 is 5.32 Å². The molecule has 0 bridgehead atoms. The highest BCUT2D eigenvalue weighted by Crippen LogP contribution is 2.25. The number of likely N-dealkylation sites (N-methyl/N-ethyl adjacent to an activating group) is 2. The number of rotatable bonds is 4. The van der Waals surface area contributed by atoms with Crippen LogP contribution in [0.25, 0.3) is 0 Å². The Labute approximate surface area is 101 Å². The Morgan fingerprint density at radius 1 is 1.53 bits per heavy atom. The molecular formula is C12H18N4O. The number of hydrogen-bond acceptors (Lipinski definition) is 3. The van der Waals surface area contributed by atoms with Crippen molar-refractivity contribution in [1.29, 1.82) is 0 Å². The highest BCUT2D eigenvalue weighted by molar-refractivity contribution is 5.77. The van der Waals surface area contributed by atoms with Crippen LogP contribution >= 0.6 is 0 Å².